The predicted molar refractivity (Wildman–Crippen MR) is 87.4 cm³/mol. The van der Waals surface area contributed by atoms with Crippen molar-refractivity contribution in [2.24, 2.45) is 11.8 Å². The quantitative estimate of drug-likeness (QED) is 0.882. The lowest BCUT2D eigenvalue weighted by molar-refractivity contribution is -0.128. The molecule has 1 heterocycles. The van der Waals surface area contributed by atoms with E-state index < -0.39 is 0 Å². The van der Waals surface area contributed by atoms with Crippen LogP contribution in [-0.4, -0.2) is 16.0 Å². The summed E-state index contributed by atoms with van der Waals surface area (Å²) in [6, 6.07) is 9.49. The topological polar surface area (TPSA) is 68.0 Å². The maximum absolute atomic E-state index is 12.3. The predicted octanol–water partition coefficient (Wildman–Crippen LogP) is 3.74. The van der Waals surface area contributed by atoms with Crippen molar-refractivity contribution in [1.82, 2.24) is 15.5 Å². The average molecular weight is 313 g/mol. The number of benzene rings is 1. The molecule has 1 aromatic carbocycles. The zero-order chi connectivity index (χ0) is 16.2. The Morgan fingerprint density at radius 3 is 2.70 bits per heavy atom. The van der Waals surface area contributed by atoms with Crippen molar-refractivity contribution in [1.29, 1.82) is 0 Å². The SMILES string of the molecule is CC[C@H](C)[C@H](NC(=O)C1CCC1)c1nc(-c2ccccc2)no1. The van der Waals surface area contributed by atoms with Gasteiger partial charge in [0.2, 0.25) is 17.6 Å². The molecule has 0 saturated heterocycles. The maximum Gasteiger partial charge on any atom is 0.249 e. The van der Waals surface area contributed by atoms with Gasteiger partial charge in [0.15, 0.2) is 0 Å². The number of nitrogens with one attached hydrogen (secondary N) is 1. The first-order chi connectivity index (χ1) is 11.2. The highest BCUT2D eigenvalue weighted by Gasteiger charge is 2.31. The lowest BCUT2D eigenvalue weighted by atomic mass is 9.84. The van der Waals surface area contributed by atoms with E-state index in [4.69, 9.17) is 4.52 Å². The van der Waals surface area contributed by atoms with Crippen LogP contribution < -0.4 is 5.32 Å². The second-order valence-corrected chi connectivity index (χ2v) is 6.32. The number of aromatic nitrogens is 2. The fourth-order valence-electron chi connectivity index (χ4n) is 2.69. The summed E-state index contributed by atoms with van der Waals surface area (Å²) >= 11 is 0. The van der Waals surface area contributed by atoms with E-state index in [1.54, 1.807) is 0 Å². The lowest BCUT2D eigenvalue weighted by Gasteiger charge is -2.28. The van der Waals surface area contributed by atoms with Crippen LogP contribution in [0.3, 0.4) is 0 Å². The van der Waals surface area contributed by atoms with Gasteiger partial charge in [0, 0.05) is 11.5 Å². The van der Waals surface area contributed by atoms with Crippen LogP contribution >= 0.6 is 0 Å². The van der Waals surface area contributed by atoms with E-state index in [2.05, 4.69) is 29.3 Å². The molecule has 5 nitrogen and oxygen atoms in total. The van der Waals surface area contributed by atoms with Crippen LogP contribution in [0.2, 0.25) is 0 Å². The molecule has 3 rings (SSSR count). The number of carbonyl (C=O) groups is 1. The number of hydrogen-bond acceptors (Lipinski definition) is 4. The first kappa shape index (κ1) is 15.7. The van der Waals surface area contributed by atoms with E-state index in [0.717, 1.165) is 31.2 Å². The molecule has 23 heavy (non-hydrogen) atoms. The van der Waals surface area contributed by atoms with Crippen molar-refractivity contribution in [2.45, 2.75) is 45.6 Å². The van der Waals surface area contributed by atoms with Crippen molar-refractivity contribution in [2.75, 3.05) is 0 Å². The van der Waals surface area contributed by atoms with Crippen LogP contribution in [0.4, 0.5) is 0 Å². The van der Waals surface area contributed by atoms with Crippen LogP contribution in [0.5, 0.6) is 0 Å². The molecule has 0 bridgehead atoms. The third kappa shape index (κ3) is 3.44. The first-order valence-electron chi connectivity index (χ1n) is 8.38. The van der Waals surface area contributed by atoms with Gasteiger partial charge in [-0.05, 0) is 18.8 Å². The highest BCUT2D eigenvalue weighted by molar-refractivity contribution is 5.79. The molecule has 1 aliphatic rings. The van der Waals surface area contributed by atoms with Crippen molar-refractivity contribution in [3.63, 3.8) is 0 Å². The number of nitrogens with zero attached hydrogens (tertiary/aromatic N) is 2. The summed E-state index contributed by atoms with van der Waals surface area (Å²) in [7, 11) is 0. The van der Waals surface area contributed by atoms with Crippen LogP contribution in [-0.2, 0) is 4.79 Å². The minimum atomic E-state index is -0.224. The molecule has 1 saturated carbocycles. The van der Waals surface area contributed by atoms with Crippen LogP contribution in [0.1, 0.15) is 51.5 Å². The summed E-state index contributed by atoms with van der Waals surface area (Å²) in [6.45, 7) is 4.19. The molecular formula is C18H23N3O2. The van der Waals surface area contributed by atoms with E-state index >= 15 is 0 Å². The summed E-state index contributed by atoms with van der Waals surface area (Å²) in [5, 5.41) is 7.19. The highest BCUT2D eigenvalue weighted by Crippen LogP contribution is 2.30. The molecule has 122 valence electrons. The van der Waals surface area contributed by atoms with E-state index in [1.807, 2.05) is 30.3 Å². The van der Waals surface area contributed by atoms with Crippen LogP contribution in [0.15, 0.2) is 34.9 Å². The number of amides is 1. The average Bonchev–Trinajstić information content (AvgIpc) is 3.00. The third-order valence-electron chi connectivity index (χ3n) is 4.73. The number of carbonyl (C=O) groups excluding carboxylic acids is 1. The molecule has 0 unspecified atom stereocenters. The van der Waals surface area contributed by atoms with Gasteiger partial charge in [0.1, 0.15) is 6.04 Å². The molecule has 0 spiro atoms. The standard InChI is InChI=1S/C18H23N3O2/c1-3-12(2)15(19-17(22)14-10-7-11-14)18-20-16(21-23-18)13-8-5-4-6-9-13/h4-6,8-9,12,14-15H,3,7,10-11H2,1-2H3,(H,19,22)/t12-,15-/m0/s1. The maximum atomic E-state index is 12.3. The Hall–Kier alpha value is -2.17. The van der Waals surface area contributed by atoms with E-state index in [9.17, 15) is 4.79 Å². The Morgan fingerprint density at radius 1 is 1.35 bits per heavy atom. The van der Waals surface area contributed by atoms with Crippen molar-refractivity contribution < 1.29 is 9.32 Å². The molecule has 1 aliphatic carbocycles. The summed E-state index contributed by atoms with van der Waals surface area (Å²) in [6.07, 6.45) is 4.04. The van der Waals surface area contributed by atoms with Gasteiger partial charge in [0.05, 0.1) is 0 Å². The second kappa shape index (κ2) is 6.94. The van der Waals surface area contributed by atoms with Gasteiger partial charge < -0.3 is 9.84 Å². The molecule has 2 atom stereocenters. The molecule has 1 aromatic heterocycles. The molecule has 0 radical (unpaired) electrons. The molecule has 1 N–H and O–H groups in total. The van der Waals surface area contributed by atoms with Gasteiger partial charge in [-0.15, -0.1) is 0 Å². The van der Waals surface area contributed by atoms with Crippen molar-refractivity contribution in [3.8, 4) is 11.4 Å². The summed E-state index contributed by atoms with van der Waals surface area (Å²) in [5.74, 6) is 1.56. The van der Waals surface area contributed by atoms with Crippen LogP contribution in [0, 0.1) is 11.8 Å². The molecular weight excluding hydrogens is 290 g/mol. The van der Waals surface area contributed by atoms with E-state index in [0.29, 0.717) is 11.7 Å². The minimum Gasteiger partial charge on any atom is -0.344 e. The molecule has 0 aliphatic heterocycles. The van der Waals surface area contributed by atoms with Crippen molar-refractivity contribution in [3.05, 3.63) is 36.2 Å². The Kier molecular flexibility index (Phi) is 4.74. The fourth-order valence-corrected chi connectivity index (χ4v) is 2.69. The van der Waals surface area contributed by atoms with Crippen LogP contribution in [0.25, 0.3) is 11.4 Å². The summed E-state index contributed by atoms with van der Waals surface area (Å²) in [5.41, 5.74) is 0.913. The first-order valence-corrected chi connectivity index (χ1v) is 8.38. The Balaban J connectivity index is 1.79. The lowest BCUT2D eigenvalue weighted by Crippen LogP contribution is -2.39. The Bertz CT molecular complexity index is 649. The smallest absolute Gasteiger partial charge is 0.249 e. The zero-order valence-electron chi connectivity index (χ0n) is 13.7. The van der Waals surface area contributed by atoms with E-state index in [-0.39, 0.29) is 23.8 Å². The van der Waals surface area contributed by atoms with Gasteiger partial charge in [-0.2, -0.15) is 4.98 Å². The van der Waals surface area contributed by atoms with Gasteiger partial charge in [-0.25, -0.2) is 0 Å². The number of rotatable bonds is 6. The number of hydrogen-bond donors (Lipinski definition) is 1. The molecule has 2 aromatic rings. The summed E-state index contributed by atoms with van der Waals surface area (Å²) in [4.78, 5) is 16.8. The van der Waals surface area contributed by atoms with Gasteiger partial charge in [-0.3, -0.25) is 4.79 Å². The highest BCUT2D eigenvalue weighted by atomic mass is 16.5. The van der Waals surface area contributed by atoms with Gasteiger partial charge in [0.25, 0.3) is 0 Å². The zero-order valence-corrected chi connectivity index (χ0v) is 13.7. The molecule has 1 fully saturated rings. The third-order valence-corrected chi connectivity index (χ3v) is 4.73. The fraction of sp³-hybridized carbons (Fsp3) is 0.500. The molecule has 1 amide bonds. The monoisotopic (exact) mass is 313 g/mol. The van der Waals surface area contributed by atoms with E-state index in [1.165, 1.54) is 0 Å². The van der Waals surface area contributed by atoms with Crippen molar-refractivity contribution >= 4 is 5.91 Å². The Labute approximate surface area is 136 Å². The van der Waals surface area contributed by atoms with Gasteiger partial charge in [-0.1, -0.05) is 62.2 Å². The largest absolute Gasteiger partial charge is 0.344 e. The summed E-state index contributed by atoms with van der Waals surface area (Å²) < 4.78 is 5.46. The minimum absolute atomic E-state index is 0.112. The van der Waals surface area contributed by atoms with Gasteiger partial charge >= 0.3 is 0 Å². The Morgan fingerprint density at radius 2 is 2.09 bits per heavy atom. The second-order valence-electron chi connectivity index (χ2n) is 6.32. The normalized spacial score (nSPS) is 17.3. The molecule has 5 heteroatoms.